The minimum absolute atomic E-state index is 0.0937. The zero-order valence-electron chi connectivity index (χ0n) is 9.91. The summed E-state index contributed by atoms with van der Waals surface area (Å²) in [6.07, 6.45) is 0.289. The molecule has 2 nitrogen and oxygen atoms in total. The summed E-state index contributed by atoms with van der Waals surface area (Å²) < 4.78 is 31.9. The summed E-state index contributed by atoms with van der Waals surface area (Å²) in [7, 11) is 1.30. The highest BCUT2D eigenvalue weighted by atomic mass is 19.1. The van der Waals surface area contributed by atoms with Gasteiger partial charge in [0.2, 0.25) is 0 Å². The van der Waals surface area contributed by atoms with Crippen LogP contribution in [0.15, 0.2) is 36.4 Å². The molecule has 0 heterocycles. The molecule has 0 unspecified atom stereocenters. The molecule has 0 amide bonds. The minimum Gasteiger partial charge on any atom is -0.494 e. The lowest BCUT2D eigenvalue weighted by Crippen LogP contribution is -1.98. The fourth-order valence-corrected chi connectivity index (χ4v) is 1.78. The number of rotatable bonds is 3. The van der Waals surface area contributed by atoms with Gasteiger partial charge in [0.05, 0.1) is 7.11 Å². The highest BCUT2D eigenvalue weighted by Crippen LogP contribution is 2.23. The Bertz CT molecular complexity index is 570. The van der Waals surface area contributed by atoms with E-state index < -0.39 is 11.6 Å². The molecule has 2 aromatic rings. The molecule has 0 aromatic heterocycles. The van der Waals surface area contributed by atoms with Crippen LogP contribution in [0.5, 0.6) is 5.75 Å². The minimum atomic E-state index is -0.571. The van der Waals surface area contributed by atoms with Gasteiger partial charge in [-0.05, 0) is 29.3 Å². The first kappa shape index (κ1) is 12.4. The van der Waals surface area contributed by atoms with Crippen LogP contribution in [0.4, 0.5) is 14.5 Å². The number of halogens is 2. The van der Waals surface area contributed by atoms with Gasteiger partial charge in [-0.25, -0.2) is 8.78 Å². The molecule has 2 N–H and O–H groups in total. The van der Waals surface area contributed by atoms with Crippen LogP contribution in [0.25, 0.3) is 0 Å². The predicted molar refractivity (Wildman–Crippen MR) is 66.6 cm³/mol. The van der Waals surface area contributed by atoms with E-state index in [0.29, 0.717) is 5.69 Å². The maximum Gasteiger partial charge on any atom is 0.165 e. The van der Waals surface area contributed by atoms with E-state index >= 15 is 0 Å². The smallest absolute Gasteiger partial charge is 0.165 e. The van der Waals surface area contributed by atoms with Crippen molar-refractivity contribution < 1.29 is 13.5 Å². The fourth-order valence-electron chi connectivity index (χ4n) is 1.78. The molecule has 0 bridgehead atoms. The van der Waals surface area contributed by atoms with Crippen molar-refractivity contribution in [3.05, 3.63) is 59.2 Å². The van der Waals surface area contributed by atoms with Gasteiger partial charge in [-0.15, -0.1) is 0 Å². The number of hydrogen-bond donors (Lipinski definition) is 1. The van der Waals surface area contributed by atoms with E-state index in [1.54, 1.807) is 18.2 Å². The lowest BCUT2D eigenvalue weighted by molar-refractivity contribution is 0.382. The van der Waals surface area contributed by atoms with Gasteiger partial charge in [0, 0.05) is 18.2 Å². The van der Waals surface area contributed by atoms with Gasteiger partial charge in [0.15, 0.2) is 11.6 Å². The second-order valence-electron chi connectivity index (χ2n) is 4.00. The number of nitrogens with two attached hydrogens (primary N) is 1. The van der Waals surface area contributed by atoms with Crippen molar-refractivity contribution in [2.24, 2.45) is 0 Å². The summed E-state index contributed by atoms with van der Waals surface area (Å²) in [6, 6.07) is 9.28. The molecule has 0 aliphatic heterocycles. The lowest BCUT2D eigenvalue weighted by atomic mass is 10.0. The monoisotopic (exact) mass is 249 g/mol. The molecular weight excluding hydrogens is 236 g/mol. The maximum absolute atomic E-state index is 13.7. The molecule has 2 rings (SSSR count). The van der Waals surface area contributed by atoms with Crippen molar-refractivity contribution in [2.45, 2.75) is 6.42 Å². The molecular formula is C14H13F2NO. The number of ether oxygens (including phenoxy) is 1. The molecule has 18 heavy (non-hydrogen) atoms. The third-order valence-corrected chi connectivity index (χ3v) is 2.67. The summed E-state index contributed by atoms with van der Waals surface area (Å²) >= 11 is 0. The van der Waals surface area contributed by atoms with Gasteiger partial charge < -0.3 is 10.5 Å². The molecule has 0 fully saturated rings. The number of hydrogen-bond acceptors (Lipinski definition) is 2. The summed E-state index contributed by atoms with van der Waals surface area (Å²) in [4.78, 5) is 0. The summed E-state index contributed by atoms with van der Waals surface area (Å²) in [5.74, 6) is -1.16. The molecule has 0 atom stereocenters. The molecule has 2 aromatic carbocycles. The molecule has 94 valence electrons. The Labute approximate surface area is 104 Å². The Hall–Kier alpha value is -2.10. The van der Waals surface area contributed by atoms with Gasteiger partial charge in [0.1, 0.15) is 5.82 Å². The fraction of sp³-hybridized carbons (Fsp3) is 0.143. The van der Waals surface area contributed by atoms with Gasteiger partial charge in [-0.3, -0.25) is 0 Å². The first-order valence-corrected chi connectivity index (χ1v) is 5.46. The van der Waals surface area contributed by atoms with E-state index in [2.05, 4.69) is 0 Å². The van der Waals surface area contributed by atoms with Crippen LogP contribution in [-0.2, 0) is 6.42 Å². The molecule has 0 radical (unpaired) electrons. The van der Waals surface area contributed by atoms with Crippen molar-refractivity contribution in [1.82, 2.24) is 0 Å². The Kier molecular flexibility index (Phi) is 3.46. The zero-order valence-corrected chi connectivity index (χ0v) is 9.91. The second-order valence-corrected chi connectivity index (χ2v) is 4.00. The Morgan fingerprint density at radius 3 is 2.56 bits per heavy atom. The number of nitrogen functional groups attached to an aromatic ring is 1. The SMILES string of the molecule is COc1cc(F)c(Cc2cccc(N)c2)cc1F. The van der Waals surface area contributed by atoms with Crippen LogP contribution in [-0.4, -0.2) is 7.11 Å². The van der Waals surface area contributed by atoms with Crippen LogP contribution in [0.3, 0.4) is 0 Å². The summed E-state index contributed by atoms with van der Waals surface area (Å²) in [6.45, 7) is 0. The molecule has 0 saturated heterocycles. The molecule has 4 heteroatoms. The highest BCUT2D eigenvalue weighted by Gasteiger charge is 2.10. The number of benzene rings is 2. The predicted octanol–water partition coefficient (Wildman–Crippen LogP) is 3.15. The van der Waals surface area contributed by atoms with Gasteiger partial charge >= 0.3 is 0 Å². The van der Waals surface area contributed by atoms with Crippen LogP contribution >= 0.6 is 0 Å². The largest absolute Gasteiger partial charge is 0.494 e. The Morgan fingerprint density at radius 2 is 1.89 bits per heavy atom. The second kappa shape index (κ2) is 5.04. The average Bonchev–Trinajstić information content (AvgIpc) is 2.33. The third kappa shape index (κ3) is 2.59. The molecule has 0 aliphatic carbocycles. The van der Waals surface area contributed by atoms with E-state index in [-0.39, 0.29) is 17.7 Å². The van der Waals surface area contributed by atoms with Gasteiger partial charge in [-0.2, -0.15) is 0 Å². The lowest BCUT2D eigenvalue weighted by Gasteiger charge is -2.08. The zero-order chi connectivity index (χ0) is 13.1. The van der Waals surface area contributed by atoms with Crippen molar-refractivity contribution in [1.29, 1.82) is 0 Å². The van der Waals surface area contributed by atoms with Crippen molar-refractivity contribution in [2.75, 3.05) is 12.8 Å². The van der Waals surface area contributed by atoms with Crippen LogP contribution in [0, 0.1) is 11.6 Å². The van der Waals surface area contributed by atoms with E-state index in [9.17, 15) is 8.78 Å². The summed E-state index contributed by atoms with van der Waals surface area (Å²) in [5.41, 5.74) is 7.35. The van der Waals surface area contributed by atoms with Crippen LogP contribution in [0.2, 0.25) is 0 Å². The van der Waals surface area contributed by atoms with Gasteiger partial charge in [-0.1, -0.05) is 12.1 Å². The summed E-state index contributed by atoms with van der Waals surface area (Å²) in [5, 5.41) is 0. The van der Waals surface area contributed by atoms with Gasteiger partial charge in [0.25, 0.3) is 0 Å². The maximum atomic E-state index is 13.7. The van der Waals surface area contributed by atoms with Crippen LogP contribution < -0.4 is 10.5 Å². The number of methoxy groups -OCH3 is 1. The Balaban J connectivity index is 2.32. The van der Waals surface area contributed by atoms with E-state index in [4.69, 9.17) is 10.5 Å². The van der Waals surface area contributed by atoms with Crippen molar-refractivity contribution in [3.8, 4) is 5.75 Å². The van der Waals surface area contributed by atoms with E-state index in [1.165, 1.54) is 7.11 Å². The highest BCUT2D eigenvalue weighted by molar-refractivity contribution is 5.43. The standard InChI is InChI=1S/C14H13F2NO/c1-18-14-8-12(15)10(7-13(14)16)5-9-3-2-4-11(17)6-9/h2-4,6-8H,5,17H2,1H3. The Morgan fingerprint density at radius 1 is 1.11 bits per heavy atom. The van der Waals surface area contributed by atoms with Crippen LogP contribution in [0.1, 0.15) is 11.1 Å². The molecule has 0 saturated carbocycles. The molecule has 0 aliphatic rings. The quantitative estimate of drug-likeness (QED) is 0.848. The van der Waals surface area contributed by atoms with E-state index in [1.807, 2.05) is 6.07 Å². The average molecular weight is 249 g/mol. The normalized spacial score (nSPS) is 10.4. The third-order valence-electron chi connectivity index (χ3n) is 2.67. The van der Waals surface area contributed by atoms with Crippen molar-refractivity contribution in [3.63, 3.8) is 0 Å². The first-order valence-electron chi connectivity index (χ1n) is 5.46. The first-order chi connectivity index (χ1) is 8.60. The topological polar surface area (TPSA) is 35.2 Å². The molecule has 0 spiro atoms. The number of anilines is 1. The van der Waals surface area contributed by atoms with Crippen molar-refractivity contribution >= 4 is 5.69 Å². The van der Waals surface area contributed by atoms with E-state index in [0.717, 1.165) is 17.7 Å².